The minimum Gasteiger partial charge on any atom is -0.494 e. The van der Waals surface area contributed by atoms with Gasteiger partial charge in [-0.3, -0.25) is 9.78 Å². The number of aromatic amines is 1. The Morgan fingerprint density at radius 3 is 2.71 bits per heavy atom. The first kappa shape index (κ1) is 21.0. The summed E-state index contributed by atoms with van der Waals surface area (Å²) in [5, 5.41) is 8.28. The topological polar surface area (TPSA) is 91.9 Å². The molecule has 3 saturated carbocycles. The van der Waals surface area contributed by atoms with Crippen LogP contribution in [-0.2, 0) is 13.1 Å². The van der Waals surface area contributed by atoms with E-state index in [9.17, 15) is 9.18 Å². The third-order valence-corrected chi connectivity index (χ3v) is 7.10. The minimum atomic E-state index is -0.861. The number of nitrogens with one attached hydrogen (secondary N) is 3. The summed E-state index contributed by atoms with van der Waals surface area (Å²) in [6, 6.07) is 9.72. The number of carbonyl (C=O) groups is 1. The predicted molar refractivity (Wildman–Crippen MR) is 127 cm³/mol. The van der Waals surface area contributed by atoms with Crippen molar-refractivity contribution < 1.29 is 13.9 Å². The van der Waals surface area contributed by atoms with Crippen molar-refractivity contribution >= 4 is 27.8 Å². The van der Waals surface area contributed by atoms with E-state index in [0.29, 0.717) is 43.7 Å². The van der Waals surface area contributed by atoms with E-state index < -0.39 is 5.67 Å². The lowest BCUT2D eigenvalue weighted by Gasteiger charge is -2.66. The third kappa shape index (κ3) is 3.68. The third-order valence-electron chi connectivity index (χ3n) is 7.10. The van der Waals surface area contributed by atoms with Gasteiger partial charge >= 0.3 is 0 Å². The fourth-order valence-corrected chi connectivity index (χ4v) is 5.54. The Labute approximate surface area is 196 Å². The van der Waals surface area contributed by atoms with Gasteiger partial charge in [0.15, 0.2) is 0 Å². The van der Waals surface area contributed by atoms with Crippen molar-refractivity contribution in [3.05, 3.63) is 65.6 Å². The van der Waals surface area contributed by atoms with E-state index in [1.807, 2.05) is 30.5 Å². The van der Waals surface area contributed by atoms with E-state index in [4.69, 9.17) is 4.74 Å². The van der Waals surface area contributed by atoms with Gasteiger partial charge in [-0.15, -0.1) is 0 Å². The van der Waals surface area contributed by atoms with Gasteiger partial charge in [0.25, 0.3) is 5.91 Å². The van der Waals surface area contributed by atoms with Gasteiger partial charge in [-0.1, -0.05) is 0 Å². The predicted octanol–water partition coefficient (Wildman–Crippen LogP) is 4.03. The zero-order valence-electron chi connectivity index (χ0n) is 19.0. The monoisotopic (exact) mass is 459 g/mol. The maximum atomic E-state index is 13.7. The minimum absolute atomic E-state index is 0.175. The number of hydrogen-bond donors (Lipinski definition) is 3. The van der Waals surface area contributed by atoms with Crippen molar-refractivity contribution in [2.24, 2.45) is 5.41 Å². The number of fused-ring (bicyclic) bond motifs is 2. The molecule has 0 spiro atoms. The lowest BCUT2D eigenvalue weighted by atomic mass is 9.42. The quantitative estimate of drug-likeness (QED) is 0.370. The standard InChI is InChI=1S/C26H26FN5O2/c1-34-21-6-16(9-32-24(33)20-7-18-2-3-29-23(18)31-11-20)4-19-5-17(10-30-22(19)21)8-28-15-25-12-26(27,13-25)14-25/h2-7,10-11,28H,8-9,12-15H2,1H3,(H,29,31)(H,32,33). The molecule has 8 heteroatoms. The summed E-state index contributed by atoms with van der Waals surface area (Å²) in [4.78, 5) is 24.6. The Morgan fingerprint density at radius 1 is 1.09 bits per heavy atom. The molecular formula is C26H26FN5O2. The molecule has 3 heterocycles. The molecule has 3 fully saturated rings. The SMILES string of the molecule is COc1cc(CNC(=O)c2cnc3[nH]ccc3c2)cc2cc(CNCC34CC(F)(C3)C4)cnc12. The van der Waals surface area contributed by atoms with Gasteiger partial charge in [-0.25, -0.2) is 9.37 Å². The van der Waals surface area contributed by atoms with E-state index in [1.165, 1.54) is 0 Å². The molecule has 3 N–H and O–H groups in total. The van der Waals surface area contributed by atoms with Crippen LogP contribution in [0.3, 0.4) is 0 Å². The molecule has 0 saturated heterocycles. The first-order valence-electron chi connectivity index (χ1n) is 11.5. The molecule has 4 aromatic rings. The van der Waals surface area contributed by atoms with Crippen LogP contribution in [0.2, 0.25) is 0 Å². The number of nitrogens with zero attached hydrogens (tertiary/aromatic N) is 2. The summed E-state index contributed by atoms with van der Waals surface area (Å²) < 4.78 is 19.3. The van der Waals surface area contributed by atoms with E-state index >= 15 is 0 Å². The number of hydrogen-bond acceptors (Lipinski definition) is 5. The molecule has 34 heavy (non-hydrogen) atoms. The maximum Gasteiger partial charge on any atom is 0.253 e. The zero-order valence-corrected chi connectivity index (χ0v) is 19.0. The average molecular weight is 460 g/mol. The molecule has 0 atom stereocenters. The number of aromatic nitrogens is 3. The highest BCUT2D eigenvalue weighted by Gasteiger charge is 2.68. The van der Waals surface area contributed by atoms with Crippen molar-refractivity contribution in [2.75, 3.05) is 13.7 Å². The van der Waals surface area contributed by atoms with Crippen molar-refractivity contribution in [1.29, 1.82) is 0 Å². The summed E-state index contributed by atoms with van der Waals surface area (Å²) in [5.41, 5.74) is 3.34. The normalized spacial score (nSPS) is 22.9. The lowest BCUT2D eigenvalue weighted by Crippen LogP contribution is -2.67. The van der Waals surface area contributed by atoms with Gasteiger partial charge in [0.1, 0.15) is 22.6 Å². The summed E-state index contributed by atoms with van der Waals surface area (Å²) >= 11 is 0. The Hall–Kier alpha value is -3.52. The number of carbonyl (C=O) groups excluding carboxylic acids is 1. The fraction of sp³-hybridized carbons (Fsp3) is 0.346. The number of amides is 1. The molecule has 0 aliphatic heterocycles. The molecule has 0 unspecified atom stereocenters. The van der Waals surface area contributed by atoms with Crippen LogP contribution >= 0.6 is 0 Å². The van der Waals surface area contributed by atoms with Crippen LogP contribution in [0.5, 0.6) is 5.75 Å². The number of methoxy groups -OCH3 is 1. The molecule has 1 amide bonds. The summed E-state index contributed by atoms with van der Waals surface area (Å²) in [6.45, 7) is 1.88. The van der Waals surface area contributed by atoms with Crippen LogP contribution in [0.1, 0.15) is 40.7 Å². The first-order valence-corrected chi connectivity index (χ1v) is 11.5. The second kappa shape index (κ2) is 7.77. The molecule has 3 aliphatic carbocycles. The van der Waals surface area contributed by atoms with Gasteiger partial charge in [-0.05, 0) is 66.1 Å². The molecule has 3 aromatic heterocycles. The van der Waals surface area contributed by atoms with Crippen LogP contribution in [0, 0.1) is 5.41 Å². The molecule has 0 radical (unpaired) electrons. The number of rotatable bonds is 8. The van der Waals surface area contributed by atoms with Gasteiger partial charge in [-0.2, -0.15) is 0 Å². The summed E-state index contributed by atoms with van der Waals surface area (Å²) in [7, 11) is 1.62. The second-order valence-electron chi connectivity index (χ2n) is 9.82. The van der Waals surface area contributed by atoms with E-state index in [1.54, 1.807) is 19.5 Å². The molecule has 3 aliphatic rings. The van der Waals surface area contributed by atoms with Gasteiger partial charge in [0.2, 0.25) is 0 Å². The van der Waals surface area contributed by atoms with E-state index in [0.717, 1.165) is 39.6 Å². The van der Waals surface area contributed by atoms with Crippen LogP contribution in [0.25, 0.3) is 21.9 Å². The molecular weight excluding hydrogens is 433 g/mol. The van der Waals surface area contributed by atoms with Crippen LogP contribution in [-0.4, -0.2) is 40.2 Å². The lowest BCUT2D eigenvalue weighted by molar-refractivity contribution is -0.209. The number of benzene rings is 1. The average Bonchev–Trinajstić information content (AvgIpc) is 3.28. The Morgan fingerprint density at radius 2 is 1.91 bits per heavy atom. The summed E-state index contributed by atoms with van der Waals surface area (Å²) in [6.07, 6.45) is 7.31. The molecule has 174 valence electrons. The fourth-order valence-electron chi connectivity index (χ4n) is 5.54. The number of halogens is 1. The molecule has 1 aromatic carbocycles. The van der Waals surface area contributed by atoms with Crippen molar-refractivity contribution in [3.8, 4) is 5.75 Å². The Bertz CT molecular complexity index is 1400. The van der Waals surface area contributed by atoms with Crippen molar-refractivity contribution in [2.45, 2.75) is 38.0 Å². The number of alkyl halides is 1. The number of H-pyrrole nitrogens is 1. The number of pyridine rings is 2. The van der Waals surface area contributed by atoms with E-state index in [2.05, 4.69) is 31.7 Å². The number of ether oxygens (including phenoxy) is 1. The van der Waals surface area contributed by atoms with Crippen LogP contribution < -0.4 is 15.4 Å². The summed E-state index contributed by atoms with van der Waals surface area (Å²) in [5.74, 6) is 0.480. The molecule has 7 rings (SSSR count). The second-order valence-corrected chi connectivity index (χ2v) is 9.82. The largest absolute Gasteiger partial charge is 0.494 e. The maximum absolute atomic E-state index is 13.7. The highest BCUT2D eigenvalue weighted by atomic mass is 19.1. The van der Waals surface area contributed by atoms with Crippen molar-refractivity contribution in [3.63, 3.8) is 0 Å². The molecule has 2 bridgehead atoms. The zero-order chi connectivity index (χ0) is 23.3. The van der Waals surface area contributed by atoms with Crippen LogP contribution in [0.15, 0.2) is 48.9 Å². The molecule has 7 nitrogen and oxygen atoms in total. The van der Waals surface area contributed by atoms with Crippen LogP contribution in [0.4, 0.5) is 4.39 Å². The van der Waals surface area contributed by atoms with E-state index in [-0.39, 0.29) is 11.3 Å². The van der Waals surface area contributed by atoms with Crippen molar-refractivity contribution in [1.82, 2.24) is 25.6 Å². The first-order chi connectivity index (χ1) is 16.4. The Kier molecular flexibility index (Phi) is 4.81. The highest BCUT2D eigenvalue weighted by molar-refractivity contribution is 5.97. The van der Waals surface area contributed by atoms with Gasteiger partial charge in [0.05, 0.1) is 12.7 Å². The Balaban J connectivity index is 1.14. The highest BCUT2D eigenvalue weighted by Crippen LogP contribution is 2.69. The van der Waals surface area contributed by atoms with Gasteiger partial charge < -0.3 is 20.4 Å². The smallest absolute Gasteiger partial charge is 0.253 e. The van der Waals surface area contributed by atoms with Gasteiger partial charge in [0, 0.05) is 49.0 Å².